The average Bonchev–Trinajstić information content (AvgIpc) is 3.14. The largest absolute Gasteiger partial charge is 0.370 e. The number of carbonyl (C=O) groups is 3. The predicted octanol–water partition coefficient (Wildman–Crippen LogP) is 0.843. The van der Waals surface area contributed by atoms with Crippen molar-refractivity contribution >= 4 is 17.7 Å². The second-order valence-corrected chi connectivity index (χ2v) is 7.10. The lowest BCUT2D eigenvalue weighted by Crippen LogP contribution is -2.48. The zero-order valence-electron chi connectivity index (χ0n) is 15.6. The maximum absolute atomic E-state index is 12.5. The van der Waals surface area contributed by atoms with E-state index in [1.165, 1.54) is 11.3 Å². The minimum atomic E-state index is -0.484. The van der Waals surface area contributed by atoms with Gasteiger partial charge in [-0.25, -0.2) is 0 Å². The van der Waals surface area contributed by atoms with Gasteiger partial charge in [-0.1, -0.05) is 19.3 Å². The van der Waals surface area contributed by atoms with Crippen LogP contribution in [-0.4, -0.2) is 52.0 Å². The van der Waals surface area contributed by atoms with Gasteiger partial charge in [0, 0.05) is 31.9 Å². The molecule has 1 saturated carbocycles. The first-order valence-corrected chi connectivity index (χ1v) is 9.20. The highest BCUT2D eigenvalue weighted by atomic mass is 16.2. The summed E-state index contributed by atoms with van der Waals surface area (Å²) in [5, 5.41) is 6.98. The molecule has 3 amide bonds. The molecule has 0 aromatic carbocycles. The number of rotatable bonds is 8. The minimum Gasteiger partial charge on any atom is -0.370 e. The van der Waals surface area contributed by atoms with Crippen LogP contribution >= 0.6 is 0 Å². The molecule has 8 nitrogen and oxygen atoms in total. The van der Waals surface area contributed by atoms with Crippen LogP contribution in [0.2, 0.25) is 0 Å². The number of likely N-dealkylation sites (N-methyl/N-ethyl adjacent to an activating group) is 1. The van der Waals surface area contributed by atoms with Gasteiger partial charge in [0.25, 0.3) is 0 Å². The first-order valence-electron chi connectivity index (χ1n) is 9.20. The molecule has 1 aliphatic rings. The van der Waals surface area contributed by atoms with E-state index in [4.69, 9.17) is 5.73 Å². The molecule has 0 spiro atoms. The highest BCUT2D eigenvalue weighted by molar-refractivity contribution is 5.86. The molecule has 1 heterocycles. The molecule has 144 valence electrons. The second kappa shape index (κ2) is 9.35. The van der Waals surface area contributed by atoms with Crippen LogP contribution in [0.3, 0.4) is 0 Å². The predicted molar refractivity (Wildman–Crippen MR) is 96.9 cm³/mol. The Kier molecular flexibility index (Phi) is 7.17. The number of hydrogen-bond acceptors (Lipinski definition) is 4. The van der Waals surface area contributed by atoms with E-state index in [1.807, 2.05) is 0 Å². The van der Waals surface area contributed by atoms with E-state index in [0.29, 0.717) is 0 Å². The first kappa shape index (κ1) is 19.9. The molecule has 0 unspecified atom stereocenters. The number of hydrogen-bond donors (Lipinski definition) is 2. The van der Waals surface area contributed by atoms with Gasteiger partial charge in [0.15, 0.2) is 0 Å². The fourth-order valence-corrected chi connectivity index (χ4v) is 3.58. The molecule has 2 rings (SSSR count). The monoisotopic (exact) mass is 363 g/mol. The fourth-order valence-electron chi connectivity index (χ4n) is 3.58. The lowest BCUT2D eigenvalue weighted by molar-refractivity contribution is -0.137. The summed E-state index contributed by atoms with van der Waals surface area (Å²) in [5.74, 6) is -0.625. The fraction of sp³-hybridized carbons (Fsp3) is 0.667. The summed E-state index contributed by atoms with van der Waals surface area (Å²) in [6.07, 6.45) is 8.84. The molecule has 1 aliphatic carbocycles. The smallest absolute Gasteiger partial charge is 0.247 e. The van der Waals surface area contributed by atoms with Gasteiger partial charge in [-0.15, -0.1) is 0 Å². The Morgan fingerprint density at radius 3 is 2.58 bits per heavy atom. The Hall–Kier alpha value is -2.38. The maximum Gasteiger partial charge on any atom is 0.247 e. The molecule has 0 aliphatic heterocycles. The van der Waals surface area contributed by atoms with Crippen molar-refractivity contribution < 1.29 is 14.4 Å². The zero-order valence-corrected chi connectivity index (χ0v) is 15.6. The van der Waals surface area contributed by atoms with Gasteiger partial charge >= 0.3 is 0 Å². The molecule has 26 heavy (non-hydrogen) atoms. The SMILES string of the molecule is C[C@H](C(=O)N(C)CC(=O)N[C@@H](CC(N)=O)C1CCCCC1)n1cccn1. The van der Waals surface area contributed by atoms with Crippen molar-refractivity contribution in [3.63, 3.8) is 0 Å². The van der Waals surface area contributed by atoms with Crippen molar-refractivity contribution in [1.82, 2.24) is 20.0 Å². The molecule has 2 atom stereocenters. The average molecular weight is 363 g/mol. The normalized spacial score (nSPS) is 17.3. The molecule has 1 fully saturated rings. The van der Waals surface area contributed by atoms with E-state index in [-0.39, 0.29) is 36.7 Å². The number of aromatic nitrogens is 2. The number of nitrogens with zero attached hydrogens (tertiary/aromatic N) is 3. The van der Waals surface area contributed by atoms with E-state index in [2.05, 4.69) is 10.4 Å². The molecule has 1 aromatic rings. The number of primary amides is 1. The highest BCUT2D eigenvalue weighted by Gasteiger charge is 2.28. The Bertz CT molecular complexity index is 610. The van der Waals surface area contributed by atoms with Gasteiger partial charge in [-0.2, -0.15) is 5.10 Å². The number of amides is 3. The van der Waals surface area contributed by atoms with Gasteiger partial charge in [0.2, 0.25) is 17.7 Å². The Balaban J connectivity index is 1.91. The van der Waals surface area contributed by atoms with E-state index in [1.54, 1.807) is 37.1 Å². The minimum absolute atomic E-state index is 0.0631. The number of nitrogens with one attached hydrogen (secondary N) is 1. The Morgan fingerprint density at radius 2 is 2.00 bits per heavy atom. The maximum atomic E-state index is 12.5. The van der Waals surface area contributed by atoms with Crippen molar-refractivity contribution in [2.75, 3.05) is 13.6 Å². The van der Waals surface area contributed by atoms with Gasteiger partial charge < -0.3 is 16.0 Å². The zero-order chi connectivity index (χ0) is 19.1. The summed E-state index contributed by atoms with van der Waals surface area (Å²) in [4.78, 5) is 37.6. The van der Waals surface area contributed by atoms with Crippen molar-refractivity contribution in [1.29, 1.82) is 0 Å². The number of nitrogens with two attached hydrogens (primary N) is 1. The lowest BCUT2D eigenvalue weighted by atomic mass is 9.82. The Morgan fingerprint density at radius 1 is 1.31 bits per heavy atom. The quantitative estimate of drug-likeness (QED) is 0.713. The number of carbonyl (C=O) groups excluding carboxylic acids is 3. The van der Waals surface area contributed by atoms with Crippen LogP contribution in [0.25, 0.3) is 0 Å². The van der Waals surface area contributed by atoms with Gasteiger partial charge in [-0.3, -0.25) is 19.1 Å². The molecule has 3 N–H and O–H groups in total. The van der Waals surface area contributed by atoms with Crippen LogP contribution in [0.5, 0.6) is 0 Å². The third kappa shape index (κ3) is 5.57. The summed E-state index contributed by atoms with van der Waals surface area (Å²) in [6.45, 7) is 1.67. The summed E-state index contributed by atoms with van der Waals surface area (Å²) >= 11 is 0. The van der Waals surface area contributed by atoms with Crippen molar-refractivity contribution in [3.8, 4) is 0 Å². The Labute approximate surface area is 154 Å². The van der Waals surface area contributed by atoms with E-state index >= 15 is 0 Å². The topological polar surface area (TPSA) is 110 Å². The van der Waals surface area contributed by atoms with Gasteiger partial charge in [0.05, 0.1) is 6.54 Å². The van der Waals surface area contributed by atoms with E-state index in [0.717, 1.165) is 25.7 Å². The third-order valence-corrected chi connectivity index (χ3v) is 5.02. The molecule has 1 aromatic heterocycles. The van der Waals surface area contributed by atoms with Crippen molar-refractivity contribution in [2.45, 2.75) is 57.5 Å². The van der Waals surface area contributed by atoms with Crippen LogP contribution in [-0.2, 0) is 14.4 Å². The van der Waals surface area contributed by atoms with Crippen molar-refractivity contribution in [3.05, 3.63) is 18.5 Å². The molecule has 8 heteroatoms. The summed E-state index contributed by atoms with van der Waals surface area (Å²) < 4.78 is 1.55. The lowest BCUT2D eigenvalue weighted by Gasteiger charge is -2.31. The van der Waals surface area contributed by atoms with E-state index < -0.39 is 11.9 Å². The summed E-state index contributed by atoms with van der Waals surface area (Å²) in [6, 6.07) is 1.00. The molecule has 0 bridgehead atoms. The van der Waals surface area contributed by atoms with Crippen molar-refractivity contribution in [2.24, 2.45) is 11.7 Å². The molecular weight excluding hydrogens is 334 g/mol. The van der Waals surface area contributed by atoms with Crippen LogP contribution in [0.15, 0.2) is 18.5 Å². The highest BCUT2D eigenvalue weighted by Crippen LogP contribution is 2.27. The van der Waals surface area contributed by atoms with Crippen LogP contribution < -0.4 is 11.1 Å². The molecule has 0 saturated heterocycles. The summed E-state index contributed by atoms with van der Waals surface area (Å²) in [5.41, 5.74) is 5.35. The third-order valence-electron chi connectivity index (χ3n) is 5.02. The van der Waals surface area contributed by atoms with E-state index in [9.17, 15) is 14.4 Å². The van der Waals surface area contributed by atoms with Gasteiger partial charge in [-0.05, 0) is 31.7 Å². The molecular formula is C18H29N5O3. The van der Waals surface area contributed by atoms with Gasteiger partial charge in [0.1, 0.15) is 6.04 Å². The van der Waals surface area contributed by atoms with Crippen LogP contribution in [0, 0.1) is 5.92 Å². The van der Waals surface area contributed by atoms with Crippen LogP contribution in [0.4, 0.5) is 0 Å². The standard InChI is InChI=1S/C18H29N5O3/c1-13(23-10-6-9-20-23)18(26)22(2)12-17(25)21-15(11-16(19)24)14-7-4-3-5-8-14/h6,9-10,13-15H,3-5,7-8,11-12H2,1-2H3,(H2,19,24)(H,21,25)/t13-,15+/m1/s1. The summed E-state index contributed by atoms with van der Waals surface area (Å²) in [7, 11) is 1.59. The molecule has 0 radical (unpaired) electrons. The second-order valence-electron chi connectivity index (χ2n) is 7.10. The van der Waals surface area contributed by atoms with Crippen LogP contribution in [0.1, 0.15) is 51.5 Å². The first-order chi connectivity index (χ1) is 12.4.